The van der Waals surface area contributed by atoms with Crippen LogP contribution in [0, 0.1) is 5.92 Å². The van der Waals surface area contributed by atoms with E-state index in [2.05, 4.69) is 0 Å². The highest BCUT2D eigenvalue weighted by Crippen LogP contribution is 2.29. The number of carbonyl (C=O) groups excluding carboxylic acids is 2. The molecule has 0 radical (unpaired) electrons. The van der Waals surface area contributed by atoms with Crippen LogP contribution in [-0.2, 0) is 28.6 Å². The predicted octanol–water partition coefficient (Wildman–Crippen LogP) is -0.668. The molecule has 2 N–H and O–H groups in total. The van der Waals surface area contributed by atoms with Gasteiger partial charge in [0.25, 0.3) is 0 Å². The molecule has 8 nitrogen and oxygen atoms in total. The summed E-state index contributed by atoms with van der Waals surface area (Å²) in [6.45, 7) is 1.88. The molecule has 8 heteroatoms. The number of rotatable bonds is 5. The molecule has 1 aliphatic heterocycles. The Bertz CT molecular complexity index is 380. The fourth-order valence-electron chi connectivity index (χ4n) is 2.23. The van der Waals surface area contributed by atoms with Gasteiger partial charge in [-0.05, 0) is 0 Å². The molecule has 1 heterocycles. The van der Waals surface area contributed by atoms with E-state index in [-0.39, 0.29) is 13.0 Å². The van der Waals surface area contributed by atoms with Gasteiger partial charge in [-0.2, -0.15) is 0 Å². The summed E-state index contributed by atoms with van der Waals surface area (Å²) in [5, 5.41) is 18.1. The SMILES string of the molecule is CC(=O)OC1COC(CO)C(CC(=O)O)C1OC(C)=O. The Morgan fingerprint density at radius 1 is 1.20 bits per heavy atom. The molecule has 0 aliphatic carbocycles. The van der Waals surface area contributed by atoms with Crippen LogP contribution in [0.5, 0.6) is 0 Å². The molecule has 0 aromatic heterocycles. The zero-order valence-electron chi connectivity index (χ0n) is 11.3. The van der Waals surface area contributed by atoms with Gasteiger partial charge in [-0.15, -0.1) is 0 Å². The minimum absolute atomic E-state index is 0.0706. The topological polar surface area (TPSA) is 119 Å². The summed E-state index contributed by atoms with van der Waals surface area (Å²) in [6, 6.07) is 0. The highest BCUT2D eigenvalue weighted by molar-refractivity contribution is 5.69. The van der Waals surface area contributed by atoms with E-state index in [9.17, 15) is 19.5 Å². The van der Waals surface area contributed by atoms with E-state index in [4.69, 9.17) is 19.3 Å². The van der Waals surface area contributed by atoms with Crippen molar-refractivity contribution in [3.8, 4) is 0 Å². The van der Waals surface area contributed by atoms with Crippen LogP contribution in [0.15, 0.2) is 0 Å². The number of ether oxygens (including phenoxy) is 3. The number of esters is 2. The number of aliphatic hydroxyl groups excluding tert-OH is 1. The average Bonchev–Trinajstić information content (AvgIpc) is 2.31. The van der Waals surface area contributed by atoms with Crippen molar-refractivity contribution in [2.75, 3.05) is 13.2 Å². The summed E-state index contributed by atoms with van der Waals surface area (Å²) in [5.41, 5.74) is 0. The minimum Gasteiger partial charge on any atom is -0.481 e. The smallest absolute Gasteiger partial charge is 0.303 e. The quantitative estimate of drug-likeness (QED) is 0.640. The molecule has 0 aromatic rings. The van der Waals surface area contributed by atoms with E-state index >= 15 is 0 Å². The molecule has 4 unspecified atom stereocenters. The lowest BCUT2D eigenvalue weighted by atomic mass is 9.87. The van der Waals surface area contributed by atoms with Crippen molar-refractivity contribution < 1.29 is 38.8 Å². The summed E-state index contributed by atoms with van der Waals surface area (Å²) in [4.78, 5) is 33.1. The van der Waals surface area contributed by atoms with Crippen molar-refractivity contribution in [1.29, 1.82) is 0 Å². The lowest BCUT2D eigenvalue weighted by molar-refractivity contribution is -0.208. The van der Waals surface area contributed by atoms with Crippen LogP contribution >= 0.6 is 0 Å². The van der Waals surface area contributed by atoms with Gasteiger partial charge in [0.05, 0.1) is 25.7 Å². The number of carboxylic acid groups (broad SMARTS) is 1. The van der Waals surface area contributed by atoms with E-state index in [1.807, 2.05) is 0 Å². The maximum atomic E-state index is 11.2. The Hall–Kier alpha value is -1.67. The molecule has 4 atom stereocenters. The van der Waals surface area contributed by atoms with Gasteiger partial charge < -0.3 is 24.4 Å². The first-order valence-corrected chi connectivity index (χ1v) is 6.13. The maximum Gasteiger partial charge on any atom is 0.303 e. The molecular formula is C12H18O8. The Morgan fingerprint density at radius 2 is 1.80 bits per heavy atom. The van der Waals surface area contributed by atoms with Crippen LogP contribution in [0.1, 0.15) is 20.3 Å². The van der Waals surface area contributed by atoms with Crippen LogP contribution in [0.25, 0.3) is 0 Å². The van der Waals surface area contributed by atoms with Gasteiger partial charge in [0, 0.05) is 19.8 Å². The third-order valence-electron chi connectivity index (χ3n) is 2.95. The maximum absolute atomic E-state index is 11.2. The van der Waals surface area contributed by atoms with E-state index in [1.165, 1.54) is 13.8 Å². The van der Waals surface area contributed by atoms with Crippen LogP contribution in [-0.4, -0.2) is 59.6 Å². The van der Waals surface area contributed by atoms with Crippen molar-refractivity contribution >= 4 is 17.9 Å². The van der Waals surface area contributed by atoms with Gasteiger partial charge in [0.15, 0.2) is 6.10 Å². The highest BCUT2D eigenvalue weighted by Gasteiger charge is 2.45. The van der Waals surface area contributed by atoms with Gasteiger partial charge in [-0.25, -0.2) is 0 Å². The fourth-order valence-corrected chi connectivity index (χ4v) is 2.23. The molecule has 1 aliphatic rings. The second-order valence-electron chi connectivity index (χ2n) is 4.54. The molecule has 0 bridgehead atoms. The average molecular weight is 290 g/mol. The second kappa shape index (κ2) is 7.20. The van der Waals surface area contributed by atoms with E-state index in [0.717, 1.165) is 0 Å². The molecule has 0 spiro atoms. The number of carboxylic acids is 1. The van der Waals surface area contributed by atoms with Crippen LogP contribution in [0.3, 0.4) is 0 Å². The van der Waals surface area contributed by atoms with Crippen LogP contribution in [0.4, 0.5) is 0 Å². The molecule has 0 amide bonds. The number of aliphatic hydroxyl groups is 1. The third kappa shape index (κ3) is 4.46. The molecule has 1 saturated heterocycles. The molecule has 114 valence electrons. The van der Waals surface area contributed by atoms with Crippen LogP contribution < -0.4 is 0 Å². The summed E-state index contributed by atoms with van der Waals surface area (Å²) in [6.07, 6.45) is -3.01. The lowest BCUT2D eigenvalue weighted by Gasteiger charge is -2.40. The van der Waals surface area contributed by atoms with Gasteiger partial charge in [-0.3, -0.25) is 14.4 Å². The summed E-state index contributed by atoms with van der Waals surface area (Å²) in [5.74, 6) is -3.13. The second-order valence-corrected chi connectivity index (χ2v) is 4.54. The first-order valence-electron chi connectivity index (χ1n) is 6.13. The summed E-state index contributed by atoms with van der Waals surface area (Å²) >= 11 is 0. The zero-order chi connectivity index (χ0) is 15.3. The van der Waals surface area contributed by atoms with Gasteiger partial charge in [0.1, 0.15) is 6.10 Å². The number of carbonyl (C=O) groups is 3. The van der Waals surface area contributed by atoms with Crippen LogP contribution in [0.2, 0.25) is 0 Å². The molecule has 1 fully saturated rings. The Morgan fingerprint density at radius 3 is 2.25 bits per heavy atom. The molecule has 1 rings (SSSR count). The highest BCUT2D eigenvalue weighted by atomic mass is 16.6. The lowest BCUT2D eigenvalue weighted by Crippen LogP contribution is -2.54. The van der Waals surface area contributed by atoms with Crippen molar-refractivity contribution in [1.82, 2.24) is 0 Å². The summed E-state index contributed by atoms with van der Waals surface area (Å²) < 4.78 is 15.4. The van der Waals surface area contributed by atoms with E-state index in [1.54, 1.807) is 0 Å². The predicted molar refractivity (Wildman–Crippen MR) is 63.7 cm³/mol. The van der Waals surface area contributed by atoms with Crippen molar-refractivity contribution in [2.24, 2.45) is 5.92 Å². The van der Waals surface area contributed by atoms with Crippen molar-refractivity contribution in [3.63, 3.8) is 0 Å². The standard InChI is InChI=1S/C12H18O8/c1-6(14)19-10-5-18-9(4-13)8(3-11(16)17)12(10)20-7(2)15/h8-10,12-13H,3-5H2,1-2H3,(H,16,17). The van der Waals surface area contributed by atoms with E-state index in [0.29, 0.717) is 0 Å². The first kappa shape index (κ1) is 16.4. The van der Waals surface area contributed by atoms with Gasteiger partial charge >= 0.3 is 17.9 Å². The third-order valence-corrected chi connectivity index (χ3v) is 2.95. The van der Waals surface area contributed by atoms with Gasteiger partial charge in [0.2, 0.25) is 0 Å². The fraction of sp³-hybridized carbons (Fsp3) is 0.750. The number of hydrogen-bond donors (Lipinski definition) is 2. The van der Waals surface area contributed by atoms with Crippen molar-refractivity contribution in [3.05, 3.63) is 0 Å². The van der Waals surface area contributed by atoms with Gasteiger partial charge in [-0.1, -0.05) is 0 Å². The minimum atomic E-state index is -1.13. The number of aliphatic carboxylic acids is 1. The zero-order valence-corrected chi connectivity index (χ0v) is 11.3. The molecule has 20 heavy (non-hydrogen) atoms. The molecular weight excluding hydrogens is 272 g/mol. The monoisotopic (exact) mass is 290 g/mol. The largest absolute Gasteiger partial charge is 0.481 e. The Kier molecular flexibility index (Phi) is 5.90. The van der Waals surface area contributed by atoms with E-state index < -0.39 is 48.7 Å². The first-order chi connectivity index (χ1) is 9.35. The molecule has 0 aromatic carbocycles. The normalized spacial score (nSPS) is 29.6. The Balaban J connectivity index is 2.95. The number of hydrogen-bond acceptors (Lipinski definition) is 7. The Labute approximate surface area is 115 Å². The van der Waals surface area contributed by atoms with Crippen molar-refractivity contribution in [2.45, 2.75) is 38.6 Å². The summed E-state index contributed by atoms with van der Waals surface area (Å²) in [7, 11) is 0. The molecule has 0 saturated carbocycles.